The minimum Gasteiger partial charge on any atom is -0.459 e. The second-order valence-electron chi connectivity index (χ2n) is 5.93. The Bertz CT molecular complexity index is 989. The molecule has 1 unspecified atom stereocenters. The van der Waals surface area contributed by atoms with Crippen LogP contribution in [0.2, 0.25) is 5.02 Å². The first-order valence-electron chi connectivity index (χ1n) is 8.65. The minimum atomic E-state index is -1.11. The molecule has 2 aromatic carbocycles. The third-order valence-electron chi connectivity index (χ3n) is 3.88. The number of carbonyl (C=O) groups excluding carboxylic acids is 3. The SMILES string of the molecule is O=C(COC(=O)C(NC(=O)c1ccco1)c1ccccc1)Nc1ccccc1Cl. The van der Waals surface area contributed by atoms with Gasteiger partial charge in [0.2, 0.25) is 0 Å². The lowest BCUT2D eigenvalue weighted by Crippen LogP contribution is -2.36. The summed E-state index contributed by atoms with van der Waals surface area (Å²) in [5.41, 5.74) is 0.907. The number of anilines is 1. The van der Waals surface area contributed by atoms with Crippen LogP contribution in [-0.4, -0.2) is 24.4 Å². The summed E-state index contributed by atoms with van der Waals surface area (Å²) in [6.07, 6.45) is 1.35. The highest BCUT2D eigenvalue weighted by molar-refractivity contribution is 6.33. The van der Waals surface area contributed by atoms with Crippen molar-refractivity contribution in [1.82, 2.24) is 5.32 Å². The molecular formula is C21H17ClN2O5. The Labute approximate surface area is 171 Å². The van der Waals surface area contributed by atoms with Crippen molar-refractivity contribution in [2.45, 2.75) is 6.04 Å². The van der Waals surface area contributed by atoms with Crippen LogP contribution in [0.5, 0.6) is 0 Å². The molecule has 29 heavy (non-hydrogen) atoms. The van der Waals surface area contributed by atoms with Gasteiger partial charge in [0.05, 0.1) is 17.0 Å². The number of benzene rings is 2. The molecule has 0 saturated heterocycles. The fraction of sp³-hybridized carbons (Fsp3) is 0.0952. The molecular weight excluding hydrogens is 396 g/mol. The van der Waals surface area contributed by atoms with E-state index in [2.05, 4.69) is 10.6 Å². The zero-order valence-electron chi connectivity index (χ0n) is 15.1. The fourth-order valence-corrected chi connectivity index (χ4v) is 2.69. The molecule has 0 aliphatic rings. The highest BCUT2D eigenvalue weighted by atomic mass is 35.5. The third-order valence-corrected chi connectivity index (χ3v) is 4.21. The van der Waals surface area contributed by atoms with E-state index in [-0.39, 0.29) is 5.76 Å². The lowest BCUT2D eigenvalue weighted by Gasteiger charge is -2.17. The molecule has 0 spiro atoms. The Morgan fingerprint density at radius 2 is 1.69 bits per heavy atom. The number of halogens is 1. The average Bonchev–Trinajstić information content (AvgIpc) is 3.27. The van der Waals surface area contributed by atoms with E-state index in [1.807, 2.05) is 0 Å². The topological polar surface area (TPSA) is 97.6 Å². The van der Waals surface area contributed by atoms with Crippen molar-refractivity contribution in [1.29, 1.82) is 0 Å². The number of hydrogen-bond acceptors (Lipinski definition) is 5. The number of ether oxygens (including phenoxy) is 1. The van der Waals surface area contributed by atoms with Gasteiger partial charge in [-0.25, -0.2) is 4.79 Å². The Morgan fingerprint density at radius 1 is 0.966 bits per heavy atom. The summed E-state index contributed by atoms with van der Waals surface area (Å²) in [6, 6.07) is 17.2. The number of para-hydroxylation sites is 1. The molecule has 8 heteroatoms. The number of amides is 2. The standard InChI is InChI=1S/C21H17ClN2O5/c22-15-9-4-5-10-16(15)23-18(25)13-29-21(27)19(14-7-2-1-3-8-14)24-20(26)17-11-6-12-28-17/h1-12,19H,13H2,(H,23,25)(H,24,26). The van der Waals surface area contributed by atoms with Crippen LogP contribution in [0, 0.1) is 0 Å². The molecule has 0 fully saturated rings. The van der Waals surface area contributed by atoms with E-state index in [1.165, 1.54) is 12.3 Å². The molecule has 1 atom stereocenters. The van der Waals surface area contributed by atoms with Crippen molar-refractivity contribution in [2.75, 3.05) is 11.9 Å². The van der Waals surface area contributed by atoms with Gasteiger partial charge in [0, 0.05) is 0 Å². The molecule has 0 bridgehead atoms. The Morgan fingerprint density at radius 3 is 2.38 bits per heavy atom. The average molecular weight is 413 g/mol. The summed E-state index contributed by atoms with van der Waals surface area (Å²) < 4.78 is 10.2. The number of nitrogens with one attached hydrogen (secondary N) is 2. The molecule has 2 N–H and O–H groups in total. The molecule has 1 aromatic heterocycles. The Hall–Kier alpha value is -3.58. The van der Waals surface area contributed by atoms with Gasteiger partial charge in [0.25, 0.3) is 11.8 Å². The number of carbonyl (C=O) groups is 3. The summed E-state index contributed by atoms with van der Waals surface area (Å²) in [7, 11) is 0. The lowest BCUT2D eigenvalue weighted by atomic mass is 10.1. The van der Waals surface area contributed by atoms with Gasteiger partial charge >= 0.3 is 5.97 Å². The third kappa shape index (κ3) is 5.46. The first-order chi connectivity index (χ1) is 14.0. The highest BCUT2D eigenvalue weighted by Gasteiger charge is 2.26. The van der Waals surface area contributed by atoms with Gasteiger partial charge in [0.1, 0.15) is 0 Å². The van der Waals surface area contributed by atoms with Crippen molar-refractivity contribution >= 4 is 35.1 Å². The first-order valence-corrected chi connectivity index (χ1v) is 9.02. The molecule has 3 rings (SSSR count). The molecule has 0 aliphatic heterocycles. The number of hydrogen-bond donors (Lipinski definition) is 2. The molecule has 3 aromatic rings. The summed E-state index contributed by atoms with van der Waals surface area (Å²) in [4.78, 5) is 37.0. The van der Waals surface area contributed by atoms with Gasteiger partial charge in [-0.05, 0) is 29.8 Å². The second kappa shape index (κ2) is 9.57. The van der Waals surface area contributed by atoms with Crippen LogP contribution >= 0.6 is 11.6 Å². The van der Waals surface area contributed by atoms with Gasteiger partial charge in [-0.2, -0.15) is 0 Å². The van der Waals surface area contributed by atoms with Gasteiger partial charge in [-0.1, -0.05) is 54.1 Å². The predicted molar refractivity (Wildman–Crippen MR) is 106 cm³/mol. The van der Waals surface area contributed by atoms with Crippen molar-refractivity contribution in [3.05, 3.63) is 89.3 Å². The van der Waals surface area contributed by atoms with Crippen LogP contribution in [0.25, 0.3) is 0 Å². The maximum Gasteiger partial charge on any atom is 0.333 e. The first kappa shape index (κ1) is 20.2. The quantitative estimate of drug-likeness (QED) is 0.578. The Kier molecular flexibility index (Phi) is 6.65. The van der Waals surface area contributed by atoms with Gasteiger partial charge in [-0.3, -0.25) is 9.59 Å². The molecule has 7 nitrogen and oxygen atoms in total. The lowest BCUT2D eigenvalue weighted by molar-refractivity contribution is -0.149. The monoisotopic (exact) mass is 412 g/mol. The molecule has 0 saturated carbocycles. The van der Waals surface area contributed by atoms with Gasteiger partial charge in [-0.15, -0.1) is 0 Å². The summed E-state index contributed by atoms with van der Waals surface area (Å²) in [5, 5.41) is 5.48. The predicted octanol–water partition coefficient (Wildman–Crippen LogP) is 3.59. The zero-order valence-corrected chi connectivity index (χ0v) is 15.9. The molecule has 0 aliphatic carbocycles. The number of rotatable bonds is 7. The van der Waals surface area contributed by atoms with E-state index in [0.29, 0.717) is 16.3 Å². The second-order valence-corrected chi connectivity index (χ2v) is 6.34. The van der Waals surface area contributed by atoms with E-state index in [4.69, 9.17) is 20.8 Å². The normalized spacial score (nSPS) is 11.3. The molecule has 0 radical (unpaired) electrons. The van der Waals surface area contributed by atoms with Crippen molar-refractivity contribution < 1.29 is 23.5 Å². The van der Waals surface area contributed by atoms with Gasteiger partial charge < -0.3 is 19.8 Å². The Balaban J connectivity index is 1.65. The van der Waals surface area contributed by atoms with Crippen LogP contribution in [0.1, 0.15) is 22.2 Å². The molecule has 2 amide bonds. The van der Waals surface area contributed by atoms with Crippen LogP contribution in [0.3, 0.4) is 0 Å². The van der Waals surface area contributed by atoms with E-state index in [1.54, 1.807) is 60.7 Å². The maximum atomic E-state index is 12.6. The summed E-state index contributed by atoms with van der Waals surface area (Å²) >= 11 is 5.99. The van der Waals surface area contributed by atoms with E-state index in [9.17, 15) is 14.4 Å². The summed E-state index contributed by atoms with van der Waals surface area (Å²) in [5.74, 6) is -1.88. The van der Waals surface area contributed by atoms with Crippen molar-refractivity contribution in [3.63, 3.8) is 0 Å². The molecule has 1 heterocycles. The van der Waals surface area contributed by atoms with Crippen LogP contribution in [0.4, 0.5) is 5.69 Å². The van der Waals surface area contributed by atoms with E-state index < -0.39 is 30.4 Å². The smallest absolute Gasteiger partial charge is 0.333 e. The maximum absolute atomic E-state index is 12.6. The summed E-state index contributed by atoms with van der Waals surface area (Å²) in [6.45, 7) is -0.538. The zero-order chi connectivity index (χ0) is 20.6. The van der Waals surface area contributed by atoms with E-state index >= 15 is 0 Å². The van der Waals surface area contributed by atoms with Crippen molar-refractivity contribution in [2.24, 2.45) is 0 Å². The highest BCUT2D eigenvalue weighted by Crippen LogP contribution is 2.20. The van der Waals surface area contributed by atoms with Crippen LogP contribution < -0.4 is 10.6 Å². The molecule has 148 valence electrons. The number of esters is 1. The van der Waals surface area contributed by atoms with Crippen LogP contribution in [0.15, 0.2) is 77.4 Å². The largest absolute Gasteiger partial charge is 0.459 e. The number of furan rings is 1. The van der Waals surface area contributed by atoms with Gasteiger partial charge in [0.15, 0.2) is 18.4 Å². The minimum absolute atomic E-state index is 0.0511. The van der Waals surface area contributed by atoms with Crippen LogP contribution in [-0.2, 0) is 14.3 Å². The van der Waals surface area contributed by atoms with Crippen molar-refractivity contribution in [3.8, 4) is 0 Å². The fourth-order valence-electron chi connectivity index (χ4n) is 2.50. The van der Waals surface area contributed by atoms with E-state index in [0.717, 1.165) is 0 Å².